The zero-order chi connectivity index (χ0) is 23.2. The number of rotatable bonds is 7. The van der Waals surface area contributed by atoms with Gasteiger partial charge in [-0.2, -0.15) is 0 Å². The number of halogens is 1. The first-order valence-corrected chi connectivity index (χ1v) is 10.9. The van der Waals surface area contributed by atoms with Crippen LogP contribution in [0.25, 0.3) is 10.9 Å². The third-order valence-corrected chi connectivity index (χ3v) is 5.60. The fourth-order valence-electron chi connectivity index (χ4n) is 3.58. The molecule has 4 rings (SSSR count). The molecule has 2 amide bonds. The van der Waals surface area contributed by atoms with Crippen LogP contribution < -0.4 is 15.6 Å². The quantitative estimate of drug-likeness (QED) is 0.402. The Morgan fingerprint density at radius 2 is 1.73 bits per heavy atom. The molecule has 0 bridgehead atoms. The van der Waals surface area contributed by atoms with Gasteiger partial charge in [-0.25, -0.2) is 4.79 Å². The number of carbonyl (C=O) groups excluding carboxylic acids is 1. The number of hydrogen-bond donors (Lipinski definition) is 2. The molecule has 4 aromatic rings. The largest absolute Gasteiger partial charge is 0.497 e. The zero-order valence-corrected chi connectivity index (χ0v) is 18.9. The third-order valence-electron chi connectivity index (χ3n) is 5.35. The zero-order valence-electron chi connectivity index (χ0n) is 18.2. The summed E-state index contributed by atoms with van der Waals surface area (Å²) in [6.07, 6.45) is 0. The van der Waals surface area contributed by atoms with Gasteiger partial charge in [-0.15, -0.1) is 0 Å². The van der Waals surface area contributed by atoms with E-state index in [-0.39, 0.29) is 18.1 Å². The second-order valence-corrected chi connectivity index (χ2v) is 8.14. The van der Waals surface area contributed by atoms with Crippen molar-refractivity contribution >= 4 is 28.5 Å². The van der Waals surface area contributed by atoms with Crippen LogP contribution in [0.15, 0.2) is 83.7 Å². The number of fused-ring (bicyclic) bond motifs is 1. The standard InChI is InChI=1S/C26H24ClN3O3/c1-33-23-11-12-24-20(14-23)13-21(25(31)29-24)17-30(16-19-7-9-22(27)10-8-19)26(32)28-15-18-5-3-2-4-6-18/h2-14H,15-17H2,1H3,(H,28,32)(H,29,31). The summed E-state index contributed by atoms with van der Waals surface area (Å²) in [4.78, 5) is 30.4. The fraction of sp³-hybridized carbons (Fsp3) is 0.154. The Hall–Kier alpha value is -3.77. The van der Waals surface area contributed by atoms with Gasteiger partial charge in [0, 0.05) is 34.6 Å². The first-order chi connectivity index (χ1) is 16.0. The molecule has 0 spiro atoms. The number of ether oxygens (including phenoxy) is 1. The minimum Gasteiger partial charge on any atom is -0.497 e. The SMILES string of the molecule is COc1ccc2[nH]c(=O)c(CN(Cc3ccc(Cl)cc3)C(=O)NCc3ccccc3)cc2c1. The van der Waals surface area contributed by atoms with Crippen LogP contribution >= 0.6 is 11.6 Å². The molecule has 0 radical (unpaired) electrons. The molecule has 0 fully saturated rings. The predicted molar refractivity (Wildman–Crippen MR) is 130 cm³/mol. The molecule has 0 aliphatic rings. The molecule has 168 valence electrons. The van der Waals surface area contributed by atoms with Crippen molar-refractivity contribution < 1.29 is 9.53 Å². The first kappa shape index (κ1) is 22.4. The van der Waals surface area contributed by atoms with Gasteiger partial charge in [0.15, 0.2) is 0 Å². The predicted octanol–water partition coefficient (Wildman–Crippen LogP) is 5.10. The number of nitrogens with one attached hydrogen (secondary N) is 2. The number of H-pyrrole nitrogens is 1. The molecule has 1 aromatic heterocycles. The van der Waals surface area contributed by atoms with Gasteiger partial charge in [0.25, 0.3) is 5.56 Å². The van der Waals surface area contributed by atoms with Crippen LogP contribution in [-0.4, -0.2) is 23.0 Å². The van der Waals surface area contributed by atoms with E-state index in [4.69, 9.17) is 16.3 Å². The maximum Gasteiger partial charge on any atom is 0.318 e. The highest BCUT2D eigenvalue weighted by molar-refractivity contribution is 6.30. The molecule has 3 aromatic carbocycles. The van der Waals surface area contributed by atoms with Gasteiger partial charge >= 0.3 is 6.03 Å². The Balaban J connectivity index is 1.60. The van der Waals surface area contributed by atoms with Gasteiger partial charge in [0.2, 0.25) is 0 Å². The maximum atomic E-state index is 13.1. The number of amides is 2. The van der Waals surface area contributed by atoms with E-state index in [9.17, 15) is 9.59 Å². The van der Waals surface area contributed by atoms with Gasteiger partial charge < -0.3 is 19.9 Å². The van der Waals surface area contributed by atoms with E-state index in [2.05, 4.69) is 10.3 Å². The number of nitrogens with zero attached hydrogens (tertiary/aromatic N) is 1. The lowest BCUT2D eigenvalue weighted by atomic mass is 10.1. The number of aromatic nitrogens is 1. The van der Waals surface area contributed by atoms with Crippen molar-refractivity contribution in [2.75, 3.05) is 7.11 Å². The normalized spacial score (nSPS) is 10.7. The molecule has 1 heterocycles. The van der Waals surface area contributed by atoms with E-state index >= 15 is 0 Å². The van der Waals surface area contributed by atoms with Gasteiger partial charge in [-0.3, -0.25) is 4.79 Å². The molecule has 33 heavy (non-hydrogen) atoms. The topological polar surface area (TPSA) is 74.4 Å². The number of methoxy groups -OCH3 is 1. The van der Waals surface area contributed by atoms with Gasteiger partial charge in [-0.05, 0) is 47.5 Å². The van der Waals surface area contributed by atoms with Crippen molar-refractivity contribution in [3.05, 3.63) is 111 Å². The van der Waals surface area contributed by atoms with Gasteiger partial charge in [0.05, 0.1) is 13.7 Å². The minimum atomic E-state index is -0.265. The molecular weight excluding hydrogens is 438 g/mol. The van der Waals surface area contributed by atoms with Gasteiger partial charge in [0.1, 0.15) is 5.75 Å². The number of pyridine rings is 1. The molecule has 2 N–H and O–H groups in total. The average Bonchev–Trinajstić information content (AvgIpc) is 2.84. The Labute approximate surface area is 196 Å². The van der Waals surface area contributed by atoms with Crippen LogP contribution in [0, 0.1) is 0 Å². The first-order valence-electron chi connectivity index (χ1n) is 10.5. The highest BCUT2D eigenvalue weighted by Gasteiger charge is 2.17. The summed E-state index contributed by atoms with van der Waals surface area (Å²) in [6.45, 7) is 0.862. The van der Waals surface area contributed by atoms with E-state index in [0.29, 0.717) is 34.9 Å². The van der Waals surface area contributed by atoms with Crippen LogP contribution in [0.3, 0.4) is 0 Å². The molecule has 0 unspecified atom stereocenters. The number of urea groups is 1. The van der Waals surface area contributed by atoms with Crippen molar-refractivity contribution in [1.82, 2.24) is 15.2 Å². The summed E-state index contributed by atoms with van der Waals surface area (Å²) in [5.74, 6) is 0.694. The van der Waals surface area contributed by atoms with Gasteiger partial charge in [-0.1, -0.05) is 54.1 Å². The average molecular weight is 462 g/mol. The van der Waals surface area contributed by atoms with Crippen molar-refractivity contribution in [3.63, 3.8) is 0 Å². The molecule has 0 saturated carbocycles. The summed E-state index contributed by atoms with van der Waals surface area (Å²) < 4.78 is 5.30. The van der Waals surface area contributed by atoms with E-state index in [1.807, 2.05) is 48.5 Å². The summed E-state index contributed by atoms with van der Waals surface area (Å²) >= 11 is 6.01. The minimum absolute atomic E-state index is 0.145. The summed E-state index contributed by atoms with van der Waals surface area (Å²) in [7, 11) is 1.60. The lowest BCUT2D eigenvalue weighted by Crippen LogP contribution is -2.39. The van der Waals surface area contributed by atoms with Crippen molar-refractivity contribution in [3.8, 4) is 5.75 Å². The lowest BCUT2D eigenvalue weighted by Gasteiger charge is -2.23. The molecule has 0 saturated heterocycles. The number of hydrogen-bond acceptors (Lipinski definition) is 3. The Morgan fingerprint density at radius 3 is 2.45 bits per heavy atom. The Bertz CT molecular complexity index is 1300. The highest BCUT2D eigenvalue weighted by Crippen LogP contribution is 2.20. The molecular formula is C26H24ClN3O3. The van der Waals surface area contributed by atoms with Crippen LogP contribution in [0.1, 0.15) is 16.7 Å². The molecule has 0 atom stereocenters. The summed E-state index contributed by atoms with van der Waals surface area (Å²) in [6, 6.07) is 24.0. The smallest absolute Gasteiger partial charge is 0.318 e. The summed E-state index contributed by atoms with van der Waals surface area (Å²) in [5.41, 5.74) is 2.87. The van der Waals surface area contributed by atoms with Crippen LogP contribution in [0.4, 0.5) is 4.79 Å². The molecule has 0 aliphatic carbocycles. The van der Waals surface area contributed by atoms with E-state index < -0.39 is 0 Å². The second kappa shape index (κ2) is 10.2. The number of carbonyl (C=O) groups is 1. The third kappa shape index (κ3) is 5.73. The van der Waals surface area contributed by atoms with E-state index in [1.165, 1.54) is 0 Å². The number of aromatic amines is 1. The molecule has 0 aliphatic heterocycles. The van der Waals surface area contributed by atoms with Crippen LogP contribution in [0.2, 0.25) is 5.02 Å². The number of benzene rings is 3. The van der Waals surface area contributed by atoms with Crippen molar-refractivity contribution in [2.24, 2.45) is 0 Å². The van der Waals surface area contributed by atoms with Crippen molar-refractivity contribution in [2.45, 2.75) is 19.6 Å². The second-order valence-electron chi connectivity index (χ2n) is 7.70. The Morgan fingerprint density at radius 1 is 0.970 bits per heavy atom. The van der Waals surface area contributed by atoms with E-state index in [0.717, 1.165) is 16.5 Å². The molecule has 6 nitrogen and oxygen atoms in total. The van der Waals surface area contributed by atoms with Crippen LogP contribution in [-0.2, 0) is 19.6 Å². The maximum absolute atomic E-state index is 13.1. The lowest BCUT2D eigenvalue weighted by molar-refractivity contribution is 0.191. The molecule has 7 heteroatoms. The Kier molecular flexibility index (Phi) is 6.95. The monoisotopic (exact) mass is 461 g/mol. The van der Waals surface area contributed by atoms with Crippen molar-refractivity contribution in [1.29, 1.82) is 0 Å². The fourth-order valence-corrected chi connectivity index (χ4v) is 3.70. The summed E-state index contributed by atoms with van der Waals surface area (Å²) in [5, 5.41) is 4.41. The highest BCUT2D eigenvalue weighted by atomic mass is 35.5. The van der Waals surface area contributed by atoms with Crippen LogP contribution in [0.5, 0.6) is 5.75 Å². The van der Waals surface area contributed by atoms with E-state index in [1.54, 1.807) is 42.3 Å².